The number of amides is 1. The second-order valence-electron chi connectivity index (χ2n) is 4.34. The number of thiophene rings is 1. The van der Waals surface area contributed by atoms with Crippen LogP contribution >= 0.6 is 23.6 Å². The van der Waals surface area contributed by atoms with E-state index in [9.17, 15) is 9.18 Å². The van der Waals surface area contributed by atoms with E-state index in [0.717, 1.165) is 10.1 Å². The summed E-state index contributed by atoms with van der Waals surface area (Å²) in [5, 5.41) is 3.67. The lowest BCUT2D eigenvalue weighted by molar-refractivity contribution is 0.0945. The number of rotatable bonds is 4. The minimum Gasteiger partial charge on any atom is -0.393 e. The molecule has 0 spiro atoms. The molecule has 2 aromatic rings. The summed E-state index contributed by atoms with van der Waals surface area (Å²) in [4.78, 5) is 12.9. The Morgan fingerprint density at radius 3 is 2.95 bits per heavy atom. The third-order valence-corrected chi connectivity index (χ3v) is 3.85. The van der Waals surface area contributed by atoms with Gasteiger partial charge in [0.15, 0.2) is 0 Å². The highest BCUT2D eigenvalue weighted by Gasteiger charge is 2.13. The zero-order valence-corrected chi connectivity index (χ0v) is 11.9. The smallest absolute Gasteiger partial charge is 0.261 e. The minimum atomic E-state index is -0.303. The van der Waals surface area contributed by atoms with E-state index in [2.05, 4.69) is 5.32 Å². The number of nitrogens with two attached hydrogens (primary N) is 1. The minimum absolute atomic E-state index is 0.119. The van der Waals surface area contributed by atoms with Crippen molar-refractivity contribution in [1.82, 2.24) is 5.32 Å². The van der Waals surface area contributed by atoms with Gasteiger partial charge in [0.2, 0.25) is 0 Å². The van der Waals surface area contributed by atoms with Crippen molar-refractivity contribution < 1.29 is 9.18 Å². The topological polar surface area (TPSA) is 55.1 Å². The molecule has 3 N–H and O–H groups in total. The molecule has 0 saturated heterocycles. The fourth-order valence-corrected chi connectivity index (χ4v) is 3.01. The molecule has 0 fully saturated rings. The quantitative estimate of drug-likeness (QED) is 0.853. The maximum Gasteiger partial charge on any atom is 0.261 e. The van der Waals surface area contributed by atoms with Crippen molar-refractivity contribution in [2.24, 2.45) is 5.73 Å². The average Bonchev–Trinajstić information content (AvgIpc) is 2.70. The summed E-state index contributed by atoms with van der Waals surface area (Å²) in [6, 6.07) is 6.10. The summed E-state index contributed by atoms with van der Waals surface area (Å²) in [5.41, 5.74) is 5.43. The van der Waals surface area contributed by atoms with Gasteiger partial charge in [0.05, 0.1) is 9.87 Å². The van der Waals surface area contributed by atoms with Crippen molar-refractivity contribution in [1.29, 1.82) is 0 Å². The van der Waals surface area contributed by atoms with Crippen LogP contribution in [0.15, 0.2) is 24.3 Å². The van der Waals surface area contributed by atoms with E-state index in [1.165, 1.54) is 23.5 Å². The van der Waals surface area contributed by atoms with Crippen molar-refractivity contribution >= 4 is 44.5 Å². The van der Waals surface area contributed by atoms with Crippen molar-refractivity contribution in [3.8, 4) is 0 Å². The first-order chi connectivity index (χ1) is 8.95. The van der Waals surface area contributed by atoms with Crippen molar-refractivity contribution in [3.05, 3.63) is 35.0 Å². The molecular weight excluding hydrogens is 283 g/mol. The second-order valence-corrected chi connectivity index (χ2v) is 5.95. The molecule has 100 valence electrons. The lowest BCUT2D eigenvalue weighted by atomic mass is 10.2. The van der Waals surface area contributed by atoms with Crippen LogP contribution in [0.1, 0.15) is 23.0 Å². The molecule has 0 saturated carbocycles. The van der Waals surface area contributed by atoms with Gasteiger partial charge in [-0.3, -0.25) is 4.79 Å². The zero-order chi connectivity index (χ0) is 14.0. The number of carbonyl (C=O) groups is 1. The molecule has 0 aliphatic rings. The molecule has 1 unspecified atom stereocenters. The van der Waals surface area contributed by atoms with Gasteiger partial charge in [-0.1, -0.05) is 18.3 Å². The lowest BCUT2D eigenvalue weighted by Gasteiger charge is -2.11. The molecule has 1 amide bonds. The van der Waals surface area contributed by atoms with Crippen LogP contribution in [0.25, 0.3) is 10.1 Å². The Morgan fingerprint density at radius 1 is 1.53 bits per heavy atom. The zero-order valence-electron chi connectivity index (χ0n) is 10.3. The van der Waals surface area contributed by atoms with Crippen LogP contribution in [0, 0.1) is 5.82 Å². The maximum absolute atomic E-state index is 13.1. The number of nitrogens with one attached hydrogen (secondary N) is 1. The van der Waals surface area contributed by atoms with Crippen molar-refractivity contribution in [2.45, 2.75) is 19.4 Å². The summed E-state index contributed by atoms with van der Waals surface area (Å²) in [5.74, 6) is -0.492. The van der Waals surface area contributed by atoms with E-state index in [4.69, 9.17) is 18.0 Å². The number of hydrogen-bond acceptors (Lipinski definition) is 3. The van der Waals surface area contributed by atoms with Gasteiger partial charge in [-0.25, -0.2) is 4.39 Å². The molecule has 1 atom stereocenters. The van der Waals surface area contributed by atoms with Gasteiger partial charge in [0, 0.05) is 17.2 Å². The summed E-state index contributed by atoms with van der Waals surface area (Å²) in [6.07, 6.45) is 0.459. The van der Waals surface area contributed by atoms with Gasteiger partial charge < -0.3 is 11.1 Å². The lowest BCUT2D eigenvalue weighted by Crippen LogP contribution is -2.34. The van der Waals surface area contributed by atoms with Crippen LogP contribution in [-0.4, -0.2) is 16.9 Å². The summed E-state index contributed by atoms with van der Waals surface area (Å²) < 4.78 is 13.8. The Hall–Kier alpha value is -1.53. The number of hydrogen-bond donors (Lipinski definition) is 2. The van der Waals surface area contributed by atoms with E-state index in [1.54, 1.807) is 12.1 Å². The number of benzene rings is 1. The predicted molar refractivity (Wildman–Crippen MR) is 80.1 cm³/mol. The third kappa shape index (κ3) is 3.48. The average molecular weight is 296 g/mol. The SMILES string of the molecule is CC(CC(N)=S)NC(=O)c1cc2ccc(F)cc2s1. The van der Waals surface area contributed by atoms with Crippen molar-refractivity contribution in [2.75, 3.05) is 0 Å². The highest BCUT2D eigenvalue weighted by molar-refractivity contribution is 7.80. The Balaban J connectivity index is 2.15. The van der Waals surface area contributed by atoms with E-state index in [0.29, 0.717) is 16.3 Å². The van der Waals surface area contributed by atoms with Crippen LogP contribution in [0.5, 0.6) is 0 Å². The van der Waals surface area contributed by atoms with Crippen molar-refractivity contribution in [3.63, 3.8) is 0 Å². The van der Waals surface area contributed by atoms with Crippen LogP contribution in [0.2, 0.25) is 0 Å². The van der Waals surface area contributed by atoms with Gasteiger partial charge >= 0.3 is 0 Å². The monoisotopic (exact) mass is 296 g/mol. The summed E-state index contributed by atoms with van der Waals surface area (Å²) >= 11 is 6.06. The molecule has 3 nitrogen and oxygen atoms in total. The Labute approximate surface area is 119 Å². The largest absolute Gasteiger partial charge is 0.393 e. The van der Waals surface area contributed by atoms with E-state index in [1.807, 2.05) is 6.92 Å². The van der Waals surface area contributed by atoms with Gasteiger partial charge in [-0.05, 0) is 30.5 Å². The molecule has 1 heterocycles. The molecule has 19 heavy (non-hydrogen) atoms. The number of carbonyl (C=O) groups excluding carboxylic acids is 1. The first-order valence-electron chi connectivity index (χ1n) is 5.74. The Morgan fingerprint density at radius 2 is 2.26 bits per heavy atom. The van der Waals surface area contributed by atoms with E-state index < -0.39 is 0 Å². The third-order valence-electron chi connectivity index (χ3n) is 2.59. The summed E-state index contributed by atoms with van der Waals surface area (Å²) in [7, 11) is 0. The highest BCUT2D eigenvalue weighted by atomic mass is 32.1. The molecule has 0 aliphatic carbocycles. The number of thiocarbonyl (C=S) groups is 1. The van der Waals surface area contributed by atoms with Gasteiger partial charge in [0.25, 0.3) is 5.91 Å². The van der Waals surface area contributed by atoms with Crippen LogP contribution in [0.4, 0.5) is 4.39 Å². The van der Waals surface area contributed by atoms with Crippen LogP contribution in [0.3, 0.4) is 0 Å². The molecule has 0 bridgehead atoms. The normalized spacial score (nSPS) is 12.3. The molecule has 1 aromatic heterocycles. The van der Waals surface area contributed by atoms with E-state index >= 15 is 0 Å². The number of fused-ring (bicyclic) bond motifs is 1. The van der Waals surface area contributed by atoms with Gasteiger partial charge in [-0.15, -0.1) is 11.3 Å². The fraction of sp³-hybridized carbons (Fsp3) is 0.231. The standard InChI is InChI=1S/C13H13FN2OS2/c1-7(4-12(15)18)16-13(17)11-5-8-2-3-9(14)6-10(8)19-11/h2-3,5-7H,4H2,1H3,(H2,15,18)(H,16,17). The van der Waals surface area contributed by atoms with Gasteiger partial charge in [0.1, 0.15) is 5.82 Å². The fourth-order valence-electron chi connectivity index (χ4n) is 1.76. The van der Waals surface area contributed by atoms with E-state index in [-0.39, 0.29) is 17.8 Å². The predicted octanol–water partition coefficient (Wildman–Crippen LogP) is 2.83. The van der Waals surface area contributed by atoms with Crippen LogP contribution < -0.4 is 11.1 Å². The second kappa shape index (κ2) is 5.63. The Kier molecular flexibility index (Phi) is 4.11. The van der Waals surface area contributed by atoms with Gasteiger partial charge in [-0.2, -0.15) is 0 Å². The first-order valence-corrected chi connectivity index (χ1v) is 6.96. The molecular formula is C13H13FN2OS2. The highest BCUT2D eigenvalue weighted by Crippen LogP contribution is 2.26. The molecule has 1 aromatic carbocycles. The maximum atomic E-state index is 13.1. The molecule has 6 heteroatoms. The first kappa shape index (κ1) is 13.9. The molecule has 2 rings (SSSR count). The van der Waals surface area contributed by atoms with Crippen LogP contribution in [-0.2, 0) is 0 Å². The summed E-state index contributed by atoms with van der Waals surface area (Å²) in [6.45, 7) is 1.84. The number of halogens is 1. The molecule has 0 radical (unpaired) electrons. The molecule has 0 aliphatic heterocycles. The Bertz CT molecular complexity index is 639.